The smallest absolute Gasteiger partial charge is 0.283 e. The van der Waals surface area contributed by atoms with Crippen LogP contribution in [0.25, 0.3) is 0 Å². The standard InChI is InChI=1S/C22H12Cl3FN2O2S/c23-12-5-7-16(8-6-12)31-20-19(27-18-4-2-1-3-17(18)26)21(29)28(22(20)30)15-10-13(24)9-14(25)11-15/h1-11,27H. The Bertz CT molecular complexity index is 1210. The van der Waals surface area contributed by atoms with Crippen molar-refractivity contribution in [2.24, 2.45) is 0 Å². The molecule has 1 aliphatic heterocycles. The van der Waals surface area contributed by atoms with Crippen molar-refractivity contribution >= 4 is 69.8 Å². The molecule has 156 valence electrons. The molecule has 4 nitrogen and oxygen atoms in total. The molecular weight excluding hydrogens is 482 g/mol. The van der Waals surface area contributed by atoms with Gasteiger partial charge in [-0.25, -0.2) is 9.29 Å². The third kappa shape index (κ3) is 4.57. The molecule has 2 amide bonds. The maximum absolute atomic E-state index is 14.2. The van der Waals surface area contributed by atoms with E-state index in [-0.39, 0.29) is 32.0 Å². The van der Waals surface area contributed by atoms with Crippen LogP contribution in [0, 0.1) is 5.82 Å². The van der Waals surface area contributed by atoms with Gasteiger partial charge in [-0.15, -0.1) is 0 Å². The summed E-state index contributed by atoms with van der Waals surface area (Å²) in [6, 6.07) is 17.1. The van der Waals surface area contributed by atoms with Crippen LogP contribution in [-0.2, 0) is 9.59 Å². The number of hydrogen-bond acceptors (Lipinski definition) is 4. The van der Waals surface area contributed by atoms with E-state index in [1.165, 1.54) is 36.4 Å². The van der Waals surface area contributed by atoms with Gasteiger partial charge in [0.05, 0.1) is 11.4 Å². The summed E-state index contributed by atoms with van der Waals surface area (Å²) in [5.74, 6) is -1.79. The maximum atomic E-state index is 14.2. The Kier molecular flexibility index (Phi) is 6.25. The van der Waals surface area contributed by atoms with Crippen LogP contribution in [0.3, 0.4) is 0 Å². The molecule has 9 heteroatoms. The molecule has 0 radical (unpaired) electrons. The highest BCUT2D eigenvalue weighted by atomic mass is 35.5. The number of thioether (sulfide) groups is 1. The molecule has 0 fully saturated rings. The zero-order valence-electron chi connectivity index (χ0n) is 15.5. The summed E-state index contributed by atoms with van der Waals surface area (Å²) in [7, 11) is 0. The third-order valence-electron chi connectivity index (χ3n) is 4.31. The molecule has 0 aliphatic carbocycles. The first-order valence-electron chi connectivity index (χ1n) is 8.87. The number of nitrogens with zero attached hydrogens (tertiary/aromatic N) is 1. The Morgan fingerprint density at radius 2 is 1.45 bits per heavy atom. The zero-order valence-corrected chi connectivity index (χ0v) is 18.6. The summed E-state index contributed by atoms with van der Waals surface area (Å²) in [6.07, 6.45) is 0. The van der Waals surface area contributed by atoms with E-state index in [0.717, 1.165) is 16.7 Å². The molecular formula is C22H12Cl3FN2O2S. The lowest BCUT2D eigenvalue weighted by molar-refractivity contribution is -0.120. The number of imide groups is 1. The zero-order chi connectivity index (χ0) is 22.1. The molecule has 1 N–H and O–H groups in total. The lowest BCUT2D eigenvalue weighted by Crippen LogP contribution is -2.32. The van der Waals surface area contributed by atoms with Crippen molar-refractivity contribution in [3.8, 4) is 0 Å². The SMILES string of the molecule is O=C1C(Nc2ccccc2F)=C(Sc2ccc(Cl)cc2)C(=O)N1c1cc(Cl)cc(Cl)c1. The molecule has 1 aliphatic rings. The largest absolute Gasteiger partial charge is 0.348 e. The van der Waals surface area contributed by atoms with Crippen molar-refractivity contribution in [3.63, 3.8) is 0 Å². The van der Waals surface area contributed by atoms with E-state index in [4.69, 9.17) is 34.8 Å². The molecule has 1 heterocycles. The number of anilines is 2. The summed E-state index contributed by atoms with van der Waals surface area (Å²) in [5, 5.41) is 3.85. The fourth-order valence-corrected chi connectivity index (χ4v) is 4.50. The van der Waals surface area contributed by atoms with Crippen molar-refractivity contribution in [1.82, 2.24) is 0 Å². The van der Waals surface area contributed by atoms with Gasteiger partial charge in [0, 0.05) is 20.0 Å². The van der Waals surface area contributed by atoms with E-state index >= 15 is 0 Å². The van der Waals surface area contributed by atoms with E-state index in [0.29, 0.717) is 9.92 Å². The number of carbonyl (C=O) groups is 2. The van der Waals surface area contributed by atoms with Gasteiger partial charge in [-0.1, -0.05) is 58.7 Å². The monoisotopic (exact) mass is 492 g/mol. The first-order valence-corrected chi connectivity index (χ1v) is 10.8. The summed E-state index contributed by atoms with van der Waals surface area (Å²) in [5.41, 5.74) is 0.233. The topological polar surface area (TPSA) is 49.4 Å². The quantitative estimate of drug-likeness (QED) is 0.398. The van der Waals surface area contributed by atoms with Crippen LogP contribution in [-0.4, -0.2) is 11.8 Å². The molecule has 31 heavy (non-hydrogen) atoms. The minimum Gasteiger partial charge on any atom is -0.348 e. The predicted molar refractivity (Wildman–Crippen MR) is 123 cm³/mol. The second kappa shape index (κ2) is 8.93. The second-order valence-electron chi connectivity index (χ2n) is 6.44. The molecule has 0 unspecified atom stereocenters. The first kappa shape index (κ1) is 21.7. The summed E-state index contributed by atoms with van der Waals surface area (Å²) >= 11 is 19.1. The van der Waals surface area contributed by atoms with E-state index < -0.39 is 17.6 Å². The molecule has 0 bridgehead atoms. The van der Waals surface area contributed by atoms with Crippen LogP contribution in [0.1, 0.15) is 0 Å². The second-order valence-corrected chi connectivity index (χ2v) is 8.83. The maximum Gasteiger partial charge on any atom is 0.283 e. The van der Waals surface area contributed by atoms with Gasteiger partial charge < -0.3 is 5.32 Å². The van der Waals surface area contributed by atoms with Crippen LogP contribution in [0.15, 0.2) is 82.2 Å². The van der Waals surface area contributed by atoms with Crippen molar-refractivity contribution in [3.05, 3.63) is 98.2 Å². The number of hydrogen-bond donors (Lipinski definition) is 1. The van der Waals surface area contributed by atoms with E-state index in [1.54, 1.807) is 30.3 Å². The number of halogens is 4. The highest BCUT2D eigenvalue weighted by Gasteiger charge is 2.40. The lowest BCUT2D eigenvalue weighted by Gasteiger charge is -2.16. The number of nitrogens with one attached hydrogen (secondary N) is 1. The number of benzene rings is 3. The number of rotatable bonds is 5. The van der Waals surface area contributed by atoms with Crippen LogP contribution in [0.4, 0.5) is 15.8 Å². The minimum absolute atomic E-state index is 0.0499. The van der Waals surface area contributed by atoms with E-state index in [9.17, 15) is 14.0 Å². The molecule has 0 aromatic heterocycles. The van der Waals surface area contributed by atoms with Crippen LogP contribution >= 0.6 is 46.6 Å². The lowest BCUT2D eigenvalue weighted by atomic mass is 10.2. The van der Waals surface area contributed by atoms with Crippen molar-refractivity contribution < 1.29 is 14.0 Å². The van der Waals surface area contributed by atoms with Crippen molar-refractivity contribution in [2.75, 3.05) is 10.2 Å². The van der Waals surface area contributed by atoms with Gasteiger partial charge in [0.25, 0.3) is 11.8 Å². The predicted octanol–water partition coefficient (Wildman–Crippen LogP) is 6.78. The summed E-state index contributed by atoms with van der Waals surface area (Å²) in [6.45, 7) is 0. The van der Waals surface area contributed by atoms with E-state index in [2.05, 4.69) is 5.32 Å². The molecule has 4 rings (SSSR count). The minimum atomic E-state index is -0.650. The fourth-order valence-electron chi connectivity index (χ4n) is 2.94. The molecule has 3 aromatic rings. The molecule has 0 spiro atoms. The Labute approximate surface area is 196 Å². The number of carbonyl (C=O) groups excluding carboxylic acids is 2. The Morgan fingerprint density at radius 3 is 2.10 bits per heavy atom. The fraction of sp³-hybridized carbons (Fsp3) is 0. The van der Waals surface area contributed by atoms with Gasteiger partial charge in [-0.3, -0.25) is 9.59 Å². The molecule has 0 saturated heterocycles. The number of amides is 2. The van der Waals surface area contributed by atoms with Crippen LogP contribution < -0.4 is 10.2 Å². The van der Waals surface area contributed by atoms with Gasteiger partial charge in [0.2, 0.25) is 0 Å². The average molecular weight is 494 g/mol. The summed E-state index contributed by atoms with van der Waals surface area (Å²) < 4.78 is 14.2. The Hall–Kier alpha value is -2.51. The normalized spacial score (nSPS) is 13.9. The Morgan fingerprint density at radius 1 is 0.806 bits per heavy atom. The van der Waals surface area contributed by atoms with Gasteiger partial charge in [0.15, 0.2) is 0 Å². The van der Waals surface area contributed by atoms with Crippen molar-refractivity contribution in [1.29, 1.82) is 0 Å². The Balaban J connectivity index is 1.78. The number of para-hydroxylation sites is 1. The van der Waals surface area contributed by atoms with Gasteiger partial charge in [-0.05, 0) is 54.6 Å². The highest BCUT2D eigenvalue weighted by molar-refractivity contribution is 8.04. The summed E-state index contributed by atoms with van der Waals surface area (Å²) in [4.78, 5) is 28.3. The van der Waals surface area contributed by atoms with E-state index in [1.807, 2.05) is 0 Å². The van der Waals surface area contributed by atoms with Gasteiger partial charge in [-0.2, -0.15) is 0 Å². The average Bonchev–Trinajstić information content (AvgIpc) is 2.94. The van der Waals surface area contributed by atoms with Gasteiger partial charge >= 0.3 is 0 Å². The highest BCUT2D eigenvalue weighted by Crippen LogP contribution is 2.39. The van der Waals surface area contributed by atoms with Crippen molar-refractivity contribution in [2.45, 2.75) is 4.90 Å². The molecule has 3 aromatic carbocycles. The third-order valence-corrected chi connectivity index (χ3v) is 6.09. The van der Waals surface area contributed by atoms with Crippen LogP contribution in [0.5, 0.6) is 0 Å². The van der Waals surface area contributed by atoms with Crippen LogP contribution in [0.2, 0.25) is 15.1 Å². The molecule has 0 saturated carbocycles. The first-order chi connectivity index (χ1) is 14.8. The molecule has 0 atom stereocenters. The van der Waals surface area contributed by atoms with Gasteiger partial charge in [0.1, 0.15) is 16.4 Å².